The predicted octanol–water partition coefficient (Wildman–Crippen LogP) is 1.95. The Morgan fingerprint density at radius 2 is 2.00 bits per heavy atom. The van der Waals surface area contributed by atoms with Gasteiger partial charge in [-0.05, 0) is 32.4 Å². The highest BCUT2D eigenvalue weighted by Gasteiger charge is 2.35. The van der Waals surface area contributed by atoms with Crippen LogP contribution in [0.3, 0.4) is 0 Å². The van der Waals surface area contributed by atoms with Gasteiger partial charge < -0.3 is 24.8 Å². The zero-order valence-corrected chi connectivity index (χ0v) is 14.6. The highest BCUT2D eigenvalue weighted by molar-refractivity contribution is 5.91. The molecule has 0 aliphatic carbocycles. The van der Waals surface area contributed by atoms with Gasteiger partial charge in [0, 0.05) is 38.0 Å². The van der Waals surface area contributed by atoms with Crippen molar-refractivity contribution in [2.75, 3.05) is 32.3 Å². The Morgan fingerprint density at radius 3 is 2.67 bits per heavy atom. The first-order valence-corrected chi connectivity index (χ1v) is 8.22. The number of carbonyl (C=O) groups is 1. The number of aryl methyl sites for hydroxylation is 1. The summed E-state index contributed by atoms with van der Waals surface area (Å²) in [5, 5.41) is 5.92. The van der Waals surface area contributed by atoms with E-state index in [1.54, 1.807) is 13.2 Å². The van der Waals surface area contributed by atoms with Crippen LogP contribution in [0.1, 0.15) is 19.4 Å². The summed E-state index contributed by atoms with van der Waals surface area (Å²) in [6.45, 7) is 8.03. The molecule has 1 aromatic carbocycles. The number of methoxy groups -OCH3 is 1. The Balaban J connectivity index is 1.63. The van der Waals surface area contributed by atoms with E-state index in [0.717, 1.165) is 18.7 Å². The zero-order valence-electron chi connectivity index (χ0n) is 14.6. The van der Waals surface area contributed by atoms with Crippen molar-refractivity contribution in [2.45, 2.75) is 39.0 Å². The Bertz CT molecular complexity index is 620. The van der Waals surface area contributed by atoms with Crippen LogP contribution in [0.5, 0.6) is 11.5 Å². The van der Waals surface area contributed by atoms with Crippen LogP contribution < -0.4 is 20.1 Å². The van der Waals surface area contributed by atoms with Crippen LogP contribution in [0.25, 0.3) is 0 Å². The Kier molecular flexibility index (Phi) is 4.82. The van der Waals surface area contributed by atoms with Gasteiger partial charge in [-0.1, -0.05) is 0 Å². The number of likely N-dealkylation sites (tertiary alicyclic amines) is 1. The lowest BCUT2D eigenvalue weighted by molar-refractivity contribution is 0.0896. The third-order valence-electron chi connectivity index (χ3n) is 4.61. The number of urea groups is 1. The third-order valence-corrected chi connectivity index (χ3v) is 4.61. The van der Waals surface area contributed by atoms with Crippen LogP contribution in [-0.2, 0) is 4.74 Å². The van der Waals surface area contributed by atoms with E-state index < -0.39 is 0 Å². The van der Waals surface area contributed by atoms with Crippen LogP contribution >= 0.6 is 0 Å². The van der Waals surface area contributed by atoms with Crippen molar-refractivity contribution in [3.05, 3.63) is 17.7 Å². The normalized spacial score (nSPS) is 22.9. The van der Waals surface area contributed by atoms with Crippen molar-refractivity contribution in [2.24, 2.45) is 0 Å². The van der Waals surface area contributed by atoms with Crippen molar-refractivity contribution in [3.8, 4) is 11.5 Å². The van der Waals surface area contributed by atoms with E-state index in [1.807, 2.05) is 13.0 Å². The summed E-state index contributed by atoms with van der Waals surface area (Å²) >= 11 is 0. The maximum absolute atomic E-state index is 12.4. The van der Waals surface area contributed by atoms with E-state index >= 15 is 0 Å². The molecule has 0 radical (unpaired) electrons. The molecule has 0 spiro atoms. The van der Waals surface area contributed by atoms with Gasteiger partial charge in [0.15, 0.2) is 11.5 Å². The van der Waals surface area contributed by atoms with E-state index in [2.05, 4.69) is 29.4 Å². The summed E-state index contributed by atoms with van der Waals surface area (Å²) in [7, 11) is 1.68. The second kappa shape index (κ2) is 6.86. The molecule has 1 aromatic rings. The fraction of sp³-hybridized carbons (Fsp3) is 0.588. The minimum Gasteiger partial charge on any atom is -0.454 e. The first-order chi connectivity index (χ1) is 11.5. The van der Waals surface area contributed by atoms with Crippen molar-refractivity contribution in [3.63, 3.8) is 0 Å². The maximum Gasteiger partial charge on any atom is 0.319 e. The number of nitrogens with zero attached hydrogens (tertiary/aromatic N) is 1. The molecule has 1 fully saturated rings. The Morgan fingerprint density at radius 1 is 1.29 bits per heavy atom. The molecule has 0 aromatic heterocycles. The van der Waals surface area contributed by atoms with Crippen LogP contribution in [0.4, 0.5) is 10.5 Å². The lowest BCUT2D eigenvalue weighted by Crippen LogP contribution is -2.45. The van der Waals surface area contributed by atoms with Crippen molar-refractivity contribution in [1.82, 2.24) is 10.2 Å². The summed E-state index contributed by atoms with van der Waals surface area (Å²) in [4.78, 5) is 14.7. The van der Waals surface area contributed by atoms with Crippen molar-refractivity contribution >= 4 is 11.7 Å². The fourth-order valence-corrected chi connectivity index (χ4v) is 3.11. The highest BCUT2D eigenvalue weighted by Crippen LogP contribution is 2.36. The molecule has 0 bridgehead atoms. The molecular weight excluding hydrogens is 310 g/mol. The van der Waals surface area contributed by atoms with Gasteiger partial charge in [0.05, 0.1) is 12.1 Å². The van der Waals surface area contributed by atoms with Crippen LogP contribution in [0.15, 0.2) is 12.1 Å². The minimum absolute atomic E-state index is 0.00370. The molecule has 3 rings (SSSR count). The SMILES string of the molecule is CO[C@@H]1CN(C(C)C)C[C@H]1NC(=O)Nc1cc2c(cc1C)OCO2. The number of rotatable bonds is 4. The minimum atomic E-state index is -0.241. The molecule has 0 saturated carbocycles. The number of nitrogens with one attached hydrogen (secondary N) is 2. The monoisotopic (exact) mass is 335 g/mol. The standard InChI is InChI=1S/C17H25N3O4/c1-10(2)20-7-13(16(8-20)22-4)19-17(21)18-12-6-15-14(5-11(12)3)23-9-24-15/h5-6,10,13,16H,7-9H2,1-4H3,(H2,18,19,21)/t13-,16-/m1/s1. The Labute approximate surface area is 142 Å². The smallest absolute Gasteiger partial charge is 0.319 e. The highest BCUT2D eigenvalue weighted by atomic mass is 16.7. The van der Waals surface area contributed by atoms with Gasteiger partial charge in [-0.2, -0.15) is 0 Å². The fourth-order valence-electron chi connectivity index (χ4n) is 3.11. The molecular formula is C17H25N3O4. The maximum atomic E-state index is 12.4. The van der Waals surface area contributed by atoms with Gasteiger partial charge in [0.1, 0.15) is 0 Å². The molecule has 2 aliphatic rings. The zero-order chi connectivity index (χ0) is 17.3. The number of benzene rings is 1. The number of hydrogen-bond donors (Lipinski definition) is 2. The van der Waals surface area contributed by atoms with Crippen molar-refractivity contribution < 1.29 is 19.0 Å². The Hall–Kier alpha value is -1.99. The van der Waals surface area contributed by atoms with Gasteiger partial charge in [-0.15, -0.1) is 0 Å². The molecule has 132 valence electrons. The van der Waals surface area contributed by atoms with Gasteiger partial charge in [0.2, 0.25) is 6.79 Å². The van der Waals surface area contributed by atoms with Gasteiger partial charge in [-0.3, -0.25) is 4.90 Å². The topological polar surface area (TPSA) is 72.1 Å². The number of amides is 2. The van der Waals surface area contributed by atoms with E-state index in [1.165, 1.54) is 0 Å². The number of carbonyl (C=O) groups excluding carboxylic acids is 1. The van der Waals surface area contributed by atoms with Gasteiger partial charge >= 0.3 is 6.03 Å². The first-order valence-electron chi connectivity index (χ1n) is 8.22. The van der Waals surface area contributed by atoms with E-state index in [-0.39, 0.29) is 25.0 Å². The molecule has 2 amide bonds. The summed E-state index contributed by atoms with van der Waals surface area (Å²) in [5.41, 5.74) is 1.64. The molecule has 2 atom stereocenters. The summed E-state index contributed by atoms with van der Waals surface area (Å²) in [6, 6.07) is 3.81. The van der Waals surface area contributed by atoms with E-state index in [4.69, 9.17) is 14.2 Å². The van der Waals surface area contributed by atoms with Gasteiger partial charge in [0.25, 0.3) is 0 Å². The summed E-state index contributed by atoms with van der Waals surface area (Å²) in [5.74, 6) is 1.36. The summed E-state index contributed by atoms with van der Waals surface area (Å²) < 4.78 is 16.2. The molecule has 2 N–H and O–H groups in total. The molecule has 7 nitrogen and oxygen atoms in total. The van der Waals surface area contributed by atoms with E-state index in [0.29, 0.717) is 23.2 Å². The number of ether oxygens (including phenoxy) is 3. The van der Waals surface area contributed by atoms with Gasteiger partial charge in [-0.25, -0.2) is 4.79 Å². The molecule has 2 heterocycles. The number of hydrogen-bond acceptors (Lipinski definition) is 5. The number of anilines is 1. The lowest BCUT2D eigenvalue weighted by atomic mass is 10.1. The first kappa shape index (κ1) is 16.9. The third kappa shape index (κ3) is 3.42. The predicted molar refractivity (Wildman–Crippen MR) is 90.8 cm³/mol. The second-order valence-corrected chi connectivity index (χ2v) is 6.55. The van der Waals surface area contributed by atoms with E-state index in [9.17, 15) is 4.79 Å². The lowest BCUT2D eigenvalue weighted by Gasteiger charge is -2.20. The molecule has 1 saturated heterocycles. The molecule has 7 heteroatoms. The van der Waals surface area contributed by atoms with Crippen molar-refractivity contribution in [1.29, 1.82) is 0 Å². The second-order valence-electron chi connectivity index (χ2n) is 6.55. The quantitative estimate of drug-likeness (QED) is 0.880. The van der Waals surface area contributed by atoms with Crippen LogP contribution in [-0.4, -0.2) is 56.1 Å². The largest absolute Gasteiger partial charge is 0.454 e. The molecule has 0 unspecified atom stereocenters. The number of fused-ring (bicyclic) bond motifs is 1. The van der Waals surface area contributed by atoms with Crippen LogP contribution in [0.2, 0.25) is 0 Å². The average Bonchev–Trinajstić information content (AvgIpc) is 3.13. The van der Waals surface area contributed by atoms with Crippen LogP contribution in [0, 0.1) is 6.92 Å². The summed E-state index contributed by atoms with van der Waals surface area (Å²) in [6.07, 6.45) is -0.00370. The molecule has 2 aliphatic heterocycles. The molecule has 24 heavy (non-hydrogen) atoms. The average molecular weight is 335 g/mol.